The van der Waals surface area contributed by atoms with Gasteiger partial charge in [-0.15, -0.1) is 0 Å². The zero-order valence-corrected chi connectivity index (χ0v) is 17.3. The topological polar surface area (TPSA) is 86.1 Å². The molecular formula is C22H25N3O5. The van der Waals surface area contributed by atoms with E-state index in [4.69, 9.17) is 19.2 Å². The maximum Gasteiger partial charge on any atom is 0.261 e. The second-order valence-electron chi connectivity index (χ2n) is 7.24. The quantitative estimate of drug-likeness (QED) is 0.689. The van der Waals surface area contributed by atoms with Crippen LogP contribution in [0, 0.1) is 0 Å². The summed E-state index contributed by atoms with van der Waals surface area (Å²) in [5, 5.41) is 10.3. The van der Waals surface area contributed by atoms with Crippen molar-refractivity contribution in [1.29, 1.82) is 0 Å². The van der Waals surface area contributed by atoms with Gasteiger partial charge in [0, 0.05) is 38.7 Å². The van der Waals surface area contributed by atoms with Gasteiger partial charge in [-0.2, -0.15) is 0 Å². The van der Waals surface area contributed by atoms with Gasteiger partial charge in [-0.3, -0.25) is 14.3 Å². The van der Waals surface area contributed by atoms with Crippen molar-refractivity contribution in [3.63, 3.8) is 0 Å². The van der Waals surface area contributed by atoms with E-state index >= 15 is 0 Å². The number of hydrogen-bond donors (Lipinski definition) is 1. The minimum absolute atomic E-state index is 0.0656. The Morgan fingerprint density at radius 1 is 0.967 bits per heavy atom. The molecule has 4 rings (SSSR count). The summed E-state index contributed by atoms with van der Waals surface area (Å²) in [7, 11) is 4.65. The van der Waals surface area contributed by atoms with Crippen LogP contribution >= 0.6 is 0 Å². The summed E-state index contributed by atoms with van der Waals surface area (Å²) < 4.78 is 17.7. The predicted octanol–water partition coefficient (Wildman–Crippen LogP) is 2.19. The molecule has 1 N–H and O–H groups in total. The number of hydrogen-bond acceptors (Lipinski definition) is 7. The molecule has 0 spiro atoms. The molecule has 0 atom stereocenters. The molecule has 0 aliphatic carbocycles. The molecule has 0 unspecified atom stereocenters. The molecule has 8 heteroatoms. The van der Waals surface area contributed by atoms with Crippen LogP contribution in [-0.2, 0) is 19.5 Å². The van der Waals surface area contributed by atoms with Gasteiger partial charge < -0.3 is 19.3 Å². The Morgan fingerprint density at radius 2 is 1.70 bits per heavy atom. The van der Waals surface area contributed by atoms with Gasteiger partial charge in [-0.1, -0.05) is 6.07 Å². The standard InChI is InChI=1S/C22H25N3O5/c1-28-18-10-14(4-5-17(18)26)13-24-7-6-21-23-16-12-20(30-3)19(29-2)11-15(16)22(27)25(21)9-8-24/h4-5,10-12,26H,6-9,13H2,1-3H3. The zero-order chi connectivity index (χ0) is 21.3. The van der Waals surface area contributed by atoms with Crippen LogP contribution in [0.5, 0.6) is 23.0 Å². The second-order valence-corrected chi connectivity index (χ2v) is 7.24. The summed E-state index contributed by atoms with van der Waals surface area (Å²) in [5.41, 5.74) is 1.58. The minimum atomic E-state index is -0.0656. The molecule has 0 saturated carbocycles. The van der Waals surface area contributed by atoms with Gasteiger partial charge in [0.05, 0.1) is 32.2 Å². The molecule has 1 aliphatic rings. The van der Waals surface area contributed by atoms with Crippen molar-refractivity contribution < 1.29 is 19.3 Å². The molecule has 0 saturated heterocycles. The fourth-order valence-corrected chi connectivity index (χ4v) is 3.86. The van der Waals surface area contributed by atoms with Crippen LogP contribution in [0.15, 0.2) is 35.1 Å². The monoisotopic (exact) mass is 411 g/mol. The Bertz CT molecular complexity index is 1140. The Labute approximate surface area is 174 Å². The Kier molecular flexibility index (Phi) is 5.50. The van der Waals surface area contributed by atoms with E-state index in [2.05, 4.69) is 4.90 Å². The number of aromatic hydroxyl groups is 1. The van der Waals surface area contributed by atoms with E-state index in [1.165, 1.54) is 7.11 Å². The van der Waals surface area contributed by atoms with Crippen LogP contribution in [0.4, 0.5) is 0 Å². The third-order valence-corrected chi connectivity index (χ3v) is 5.48. The van der Waals surface area contributed by atoms with E-state index < -0.39 is 0 Å². The van der Waals surface area contributed by atoms with Crippen molar-refractivity contribution in [3.8, 4) is 23.0 Å². The number of benzene rings is 2. The highest BCUT2D eigenvalue weighted by Gasteiger charge is 2.20. The van der Waals surface area contributed by atoms with Crippen molar-refractivity contribution in [2.45, 2.75) is 19.5 Å². The Hall–Kier alpha value is -3.26. The molecule has 0 fully saturated rings. The highest BCUT2D eigenvalue weighted by Crippen LogP contribution is 2.30. The van der Waals surface area contributed by atoms with Crippen molar-refractivity contribution in [2.75, 3.05) is 34.4 Å². The van der Waals surface area contributed by atoms with Crippen molar-refractivity contribution in [2.24, 2.45) is 0 Å². The number of phenolic OH excluding ortho intramolecular Hbond substituents is 1. The third-order valence-electron chi connectivity index (χ3n) is 5.48. The maximum atomic E-state index is 13.1. The van der Waals surface area contributed by atoms with E-state index in [0.29, 0.717) is 47.7 Å². The van der Waals surface area contributed by atoms with E-state index in [1.54, 1.807) is 37.0 Å². The van der Waals surface area contributed by atoms with Crippen LogP contribution in [0.2, 0.25) is 0 Å². The zero-order valence-electron chi connectivity index (χ0n) is 17.3. The molecule has 1 aromatic heterocycles. The lowest BCUT2D eigenvalue weighted by Gasteiger charge is -2.19. The average Bonchev–Trinajstić information content (AvgIpc) is 2.96. The number of nitrogens with zero attached hydrogens (tertiary/aromatic N) is 3. The molecule has 0 bridgehead atoms. The SMILES string of the molecule is COc1cc(CN2CCc3nc4cc(OC)c(OC)cc4c(=O)n3CC2)ccc1O. The first-order chi connectivity index (χ1) is 14.5. The van der Waals surface area contributed by atoms with Gasteiger partial charge in [-0.25, -0.2) is 4.98 Å². The number of methoxy groups -OCH3 is 3. The smallest absolute Gasteiger partial charge is 0.261 e. The van der Waals surface area contributed by atoms with E-state index in [0.717, 1.165) is 24.5 Å². The fraction of sp³-hybridized carbons (Fsp3) is 0.364. The molecule has 0 radical (unpaired) electrons. The number of ether oxygens (including phenoxy) is 3. The Balaban J connectivity index is 1.62. The minimum Gasteiger partial charge on any atom is -0.504 e. The van der Waals surface area contributed by atoms with Crippen molar-refractivity contribution in [3.05, 3.63) is 52.1 Å². The summed E-state index contributed by atoms with van der Waals surface area (Å²) in [6.45, 7) is 2.74. The summed E-state index contributed by atoms with van der Waals surface area (Å²) in [4.78, 5) is 20.2. The van der Waals surface area contributed by atoms with E-state index in [1.807, 2.05) is 12.1 Å². The van der Waals surface area contributed by atoms with Gasteiger partial charge in [0.2, 0.25) is 0 Å². The van der Waals surface area contributed by atoms with Gasteiger partial charge >= 0.3 is 0 Å². The molecule has 158 valence electrons. The number of phenols is 1. The van der Waals surface area contributed by atoms with Crippen molar-refractivity contribution >= 4 is 10.9 Å². The number of aromatic nitrogens is 2. The lowest BCUT2D eigenvalue weighted by molar-refractivity contribution is 0.270. The lowest BCUT2D eigenvalue weighted by atomic mass is 10.2. The normalized spacial score (nSPS) is 14.2. The van der Waals surface area contributed by atoms with Gasteiger partial charge in [0.15, 0.2) is 23.0 Å². The molecule has 1 aliphatic heterocycles. The number of rotatable bonds is 5. The summed E-state index contributed by atoms with van der Waals surface area (Å²) in [6, 6.07) is 8.81. The van der Waals surface area contributed by atoms with Crippen molar-refractivity contribution in [1.82, 2.24) is 14.5 Å². The summed E-state index contributed by atoms with van der Waals surface area (Å²) >= 11 is 0. The number of fused-ring (bicyclic) bond motifs is 2. The first-order valence-electron chi connectivity index (χ1n) is 9.77. The highest BCUT2D eigenvalue weighted by atomic mass is 16.5. The fourth-order valence-electron chi connectivity index (χ4n) is 3.86. The van der Waals surface area contributed by atoms with Crippen LogP contribution in [0.3, 0.4) is 0 Å². The molecular weight excluding hydrogens is 386 g/mol. The first-order valence-corrected chi connectivity index (χ1v) is 9.77. The molecule has 0 amide bonds. The molecule has 2 aromatic carbocycles. The molecule has 8 nitrogen and oxygen atoms in total. The maximum absolute atomic E-state index is 13.1. The van der Waals surface area contributed by atoms with E-state index in [-0.39, 0.29) is 11.3 Å². The van der Waals surface area contributed by atoms with Crippen LogP contribution in [-0.4, -0.2) is 54.0 Å². The Morgan fingerprint density at radius 3 is 2.43 bits per heavy atom. The van der Waals surface area contributed by atoms with E-state index in [9.17, 15) is 9.90 Å². The van der Waals surface area contributed by atoms with Crippen LogP contribution in [0.25, 0.3) is 10.9 Å². The largest absolute Gasteiger partial charge is 0.504 e. The second kappa shape index (κ2) is 8.23. The lowest BCUT2D eigenvalue weighted by Crippen LogP contribution is -2.28. The molecule has 3 aromatic rings. The summed E-state index contributed by atoms with van der Waals surface area (Å²) in [5.74, 6) is 2.42. The molecule has 2 heterocycles. The van der Waals surface area contributed by atoms with Gasteiger partial charge in [0.25, 0.3) is 5.56 Å². The third kappa shape index (κ3) is 3.66. The summed E-state index contributed by atoms with van der Waals surface area (Å²) in [6.07, 6.45) is 0.661. The van der Waals surface area contributed by atoms with Crippen LogP contribution < -0.4 is 19.8 Å². The molecule has 30 heavy (non-hydrogen) atoms. The van der Waals surface area contributed by atoms with Gasteiger partial charge in [0.1, 0.15) is 5.82 Å². The van der Waals surface area contributed by atoms with Gasteiger partial charge in [-0.05, 0) is 23.8 Å². The highest BCUT2D eigenvalue weighted by molar-refractivity contribution is 5.82. The predicted molar refractivity (Wildman–Crippen MR) is 113 cm³/mol. The van der Waals surface area contributed by atoms with Crippen LogP contribution in [0.1, 0.15) is 11.4 Å². The first kappa shape index (κ1) is 20.0. The average molecular weight is 411 g/mol.